The van der Waals surface area contributed by atoms with E-state index in [2.05, 4.69) is 46.9 Å². The average molecular weight is 1110 g/mol. The fraction of sp³-hybridized carbons (Fsp3) is 0.292. The van der Waals surface area contributed by atoms with Crippen molar-refractivity contribution in [1.82, 2.24) is 61.5 Å². The van der Waals surface area contributed by atoms with Crippen LogP contribution in [0.15, 0.2) is 64.0 Å². The molecule has 0 radical (unpaired) electrons. The van der Waals surface area contributed by atoms with Gasteiger partial charge in [-0.25, -0.2) is 34.9 Å². The Bertz CT molecular complexity index is 3360. The summed E-state index contributed by atoms with van der Waals surface area (Å²) in [7, 11) is 4.75. The molecule has 0 saturated heterocycles. The second kappa shape index (κ2) is 22.8. The summed E-state index contributed by atoms with van der Waals surface area (Å²) in [6.45, 7) is 5.05. The van der Waals surface area contributed by atoms with Crippen LogP contribution in [0.4, 0.5) is 5.82 Å². The van der Waals surface area contributed by atoms with Crippen molar-refractivity contribution in [2.75, 3.05) is 33.1 Å². The lowest BCUT2D eigenvalue weighted by molar-refractivity contribution is -0.122. The van der Waals surface area contributed by atoms with Crippen molar-refractivity contribution in [2.45, 2.75) is 58.0 Å². The van der Waals surface area contributed by atoms with Crippen molar-refractivity contribution in [3.05, 3.63) is 111 Å². The first-order valence-corrected chi connectivity index (χ1v) is 28.0. The zero-order valence-electron chi connectivity index (χ0n) is 40.3. The van der Waals surface area contributed by atoms with Gasteiger partial charge >= 0.3 is 0 Å². The predicted molar refractivity (Wildman–Crippen MR) is 286 cm³/mol. The first-order valence-electron chi connectivity index (χ1n) is 22.8. The number of nitrogens with one attached hydrogen (secondary N) is 6. The van der Waals surface area contributed by atoms with Crippen LogP contribution in [-0.2, 0) is 20.9 Å². The minimum absolute atomic E-state index is 0.0177. The minimum Gasteiger partial charge on any atom is -0.386 e. The van der Waals surface area contributed by atoms with Crippen molar-refractivity contribution in [2.24, 2.45) is 5.92 Å². The Labute approximate surface area is 447 Å². The number of methoxy groups -OCH3 is 1. The molecule has 20 nitrogen and oxygen atoms in total. The molecule has 4 atom stereocenters. The van der Waals surface area contributed by atoms with Gasteiger partial charge in [0.25, 0.3) is 17.7 Å². The van der Waals surface area contributed by atoms with Gasteiger partial charge in [-0.1, -0.05) is 44.2 Å². The molecule has 0 fully saturated rings. The largest absolute Gasteiger partial charge is 0.386 e. The van der Waals surface area contributed by atoms with Gasteiger partial charge in [0.1, 0.15) is 82.2 Å². The van der Waals surface area contributed by atoms with Crippen LogP contribution in [0.1, 0.15) is 106 Å². The van der Waals surface area contributed by atoms with E-state index in [1.807, 2.05) is 42.8 Å². The van der Waals surface area contributed by atoms with Crippen LogP contribution in [0.2, 0.25) is 0 Å². The summed E-state index contributed by atoms with van der Waals surface area (Å²) < 4.78 is 5.44. The number of amides is 5. The number of thiazole rings is 6. The Hall–Kier alpha value is -6.78. The number of ether oxygens (including phenoxy) is 1. The third-order valence-corrected chi connectivity index (χ3v) is 17.2. The molecule has 0 spiro atoms. The first-order chi connectivity index (χ1) is 35.7. The number of rotatable bonds is 9. The fourth-order valence-electron chi connectivity index (χ4n) is 7.70. The van der Waals surface area contributed by atoms with E-state index < -0.39 is 54.4 Å². The number of hydrogen-bond acceptors (Lipinski definition) is 21. The third kappa shape index (κ3) is 11.3. The number of anilines is 1. The van der Waals surface area contributed by atoms with Crippen LogP contribution in [0, 0.1) is 12.8 Å². The first kappa shape index (κ1) is 52.1. The lowest BCUT2D eigenvalue weighted by Gasteiger charge is -2.23. The SMILES string of the molecule is CNC(=O)CC1NC(=O)c2csc(n2)-c2ccc(-c3nc(NC)cs3)nc2-c2csc(n2)-c2csc(n2)C(C(O)c2ccccc2)NC(=O)CNC(=O)c2nc(sc2COC)C(C(C)C)NC(=O)c2nc1sc2C. The summed E-state index contributed by atoms with van der Waals surface area (Å²) in [5.74, 6) is -2.28. The van der Waals surface area contributed by atoms with Crippen molar-refractivity contribution >= 4 is 103 Å². The van der Waals surface area contributed by atoms with E-state index in [0.717, 1.165) is 0 Å². The van der Waals surface area contributed by atoms with Crippen molar-refractivity contribution in [1.29, 1.82) is 0 Å². The maximum Gasteiger partial charge on any atom is 0.271 e. The number of pyridine rings is 1. The molecule has 1 aliphatic rings. The van der Waals surface area contributed by atoms with Crippen LogP contribution in [-0.4, -0.2) is 97.3 Å². The Balaban J connectivity index is 1.13. The Morgan fingerprint density at radius 1 is 0.703 bits per heavy atom. The topological polar surface area (TPSA) is 277 Å². The summed E-state index contributed by atoms with van der Waals surface area (Å²) in [5, 5.41) is 38.9. The highest BCUT2D eigenvalue weighted by atomic mass is 32.1. The standard InChI is InChI=1S/C48H47N13O7S6/c1-21(2)34-48-61-37(30(74-48)16-68-6)41(66)51-15-33(63)58-38(39(64)23-10-8-7-9-11-23)47-56-29(19-71-47)45-54-27(17-70-45)36-24(12-13-25(52-36)44-57-31(49-4)20-72-44)43-55-28(18-69-43)40(65)53-26(14-32(62)50-5)46-60-35(22(3)73-46)42(67)59-34/h7-13,17-21,26,34,38-39,49,64H,14-16H2,1-6H3,(H,50,62)(H,51,66)(H,53,65)(H,58,63)(H,59,67). The van der Waals surface area contributed by atoms with Crippen LogP contribution in [0.3, 0.4) is 0 Å². The van der Waals surface area contributed by atoms with Crippen molar-refractivity contribution in [3.8, 4) is 43.4 Å². The lowest BCUT2D eigenvalue weighted by Crippen LogP contribution is -2.40. The van der Waals surface area contributed by atoms with Gasteiger partial charge in [-0.05, 0) is 30.5 Å². The zero-order chi connectivity index (χ0) is 52.2. The smallest absolute Gasteiger partial charge is 0.271 e. The number of aromatic nitrogens is 7. The van der Waals surface area contributed by atoms with Gasteiger partial charge in [0.2, 0.25) is 11.8 Å². The molecule has 9 rings (SSSR count). The second-order valence-corrected chi connectivity index (χ2v) is 22.7. The van der Waals surface area contributed by atoms with E-state index in [1.54, 1.807) is 49.0 Å². The summed E-state index contributed by atoms with van der Waals surface area (Å²) >= 11 is 7.53. The highest BCUT2D eigenvalue weighted by Crippen LogP contribution is 2.40. The van der Waals surface area contributed by atoms with Gasteiger partial charge in [-0.3, -0.25) is 24.0 Å². The molecule has 0 aliphatic carbocycles. The Morgan fingerprint density at radius 3 is 2.16 bits per heavy atom. The fourth-order valence-corrected chi connectivity index (χ4v) is 13.3. The molecule has 7 N–H and O–H groups in total. The van der Waals surface area contributed by atoms with Crippen LogP contribution < -0.4 is 31.9 Å². The second-order valence-electron chi connectivity index (χ2n) is 16.9. The van der Waals surface area contributed by atoms with E-state index in [4.69, 9.17) is 24.7 Å². The maximum absolute atomic E-state index is 14.2. The molecule has 1 aliphatic heterocycles. The zero-order valence-corrected chi connectivity index (χ0v) is 45.2. The van der Waals surface area contributed by atoms with Gasteiger partial charge in [0, 0.05) is 53.2 Å². The van der Waals surface area contributed by atoms with Crippen LogP contribution >= 0.6 is 68.0 Å². The van der Waals surface area contributed by atoms with Gasteiger partial charge in [-0.15, -0.1) is 68.0 Å². The number of fused-ring (bicyclic) bond motifs is 14. The number of aliphatic hydroxyl groups excluding tert-OH is 1. The molecule has 5 amide bonds. The van der Waals surface area contributed by atoms with E-state index in [0.29, 0.717) is 79.5 Å². The number of hydrogen-bond donors (Lipinski definition) is 7. The van der Waals surface area contributed by atoms with Gasteiger partial charge in [0.05, 0.1) is 42.2 Å². The summed E-state index contributed by atoms with van der Waals surface area (Å²) in [4.78, 5) is 104. The number of carbonyl (C=O) groups is 5. The molecule has 10 bridgehead atoms. The molecule has 8 aromatic rings. The highest BCUT2D eigenvalue weighted by Gasteiger charge is 2.33. The number of benzene rings is 1. The van der Waals surface area contributed by atoms with Crippen molar-refractivity contribution in [3.63, 3.8) is 0 Å². The van der Waals surface area contributed by atoms with E-state index in [1.165, 1.54) is 82.2 Å². The molecule has 4 unspecified atom stereocenters. The maximum atomic E-state index is 14.2. The average Bonchev–Trinajstić information content (AvgIpc) is 4.27. The molecule has 1 aromatic carbocycles. The van der Waals surface area contributed by atoms with Crippen molar-refractivity contribution < 1.29 is 33.8 Å². The monoisotopic (exact) mass is 1110 g/mol. The third-order valence-electron chi connectivity index (χ3n) is 11.5. The molecule has 74 heavy (non-hydrogen) atoms. The number of aliphatic hydroxyl groups is 1. The van der Waals surface area contributed by atoms with Crippen LogP contribution in [0.5, 0.6) is 0 Å². The number of carbonyl (C=O) groups excluding carboxylic acids is 5. The summed E-state index contributed by atoms with van der Waals surface area (Å²) in [6, 6.07) is 9.86. The molecule has 382 valence electrons. The van der Waals surface area contributed by atoms with Gasteiger partial charge in [0.15, 0.2) is 0 Å². The number of nitrogens with zero attached hydrogens (tertiary/aromatic N) is 7. The van der Waals surface area contributed by atoms with Gasteiger partial charge in [-0.2, -0.15) is 0 Å². The molecular weight excluding hydrogens is 1060 g/mol. The Morgan fingerprint density at radius 2 is 1.42 bits per heavy atom. The molecular formula is C48H47N13O7S6. The molecule has 8 heterocycles. The predicted octanol–water partition coefficient (Wildman–Crippen LogP) is 7.35. The normalized spacial score (nSPS) is 16.9. The van der Waals surface area contributed by atoms with E-state index in [-0.39, 0.29) is 41.9 Å². The number of aryl methyl sites for hydroxylation is 1. The van der Waals surface area contributed by atoms with E-state index >= 15 is 0 Å². The van der Waals surface area contributed by atoms with E-state index in [9.17, 15) is 29.1 Å². The lowest BCUT2D eigenvalue weighted by atomic mass is 10.0. The summed E-state index contributed by atoms with van der Waals surface area (Å²) in [5.41, 5.74) is 3.31. The molecule has 26 heteroatoms. The molecule has 7 aromatic heterocycles. The molecule has 0 saturated carbocycles. The Kier molecular flexibility index (Phi) is 16.0. The van der Waals surface area contributed by atoms with Crippen LogP contribution in [0.25, 0.3) is 43.4 Å². The van der Waals surface area contributed by atoms with Gasteiger partial charge < -0.3 is 41.7 Å². The quantitative estimate of drug-likeness (QED) is 0.0744. The minimum atomic E-state index is -1.24. The highest BCUT2D eigenvalue weighted by molar-refractivity contribution is 7.15. The summed E-state index contributed by atoms with van der Waals surface area (Å²) in [6.07, 6.45) is -1.42.